The molecule has 8 heteroatoms. The Hall–Kier alpha value is -3.10. The largest absolute Gasteiger partial charge is 0.378 e. The van der Waals surface area contributed by atoms with Crippen LogP contribution >= 0.6 is 11.8 Å². The molecule has 0 atom stereocenters. The summed E-state index contributed by atoms with van der Waals surface area (Å²) >= 11 is 1.75. The van der Waals surface area contributed by atoms with Gasteiger partial charge in [-0.2, -0.15) is 5.10 Å². The number of morpholine rings is 1. The summed E-state index contributed by atoms with van der Waals surface area (Å²) < 4.78 is 9.85. The number of ether oxygens (including phenoxy) is 1. The number of hydrogen-bond donors (Lipinski definition) is 0. The number of benzene rings is 2. The van der Waals surface area contributed by atoms with Crippen molar-refractivity contribution >= 4 is 17.7 Å². The lowest BCUT2D eigenvalue weighted by molar-refractivity contribution is 0.121. The van der Waals surface area contributed by atoms with Crippen LogP contribution in [0.1, 0.15) is 24.4 Å². The number of rotatable bonds is 7. The van der Waals surface area contributed by atoms with Crippen molar-refractivity contribution in [2.75, 3.05) is 31.2 Å². The van der Waals surface area contributed by atoms with Gasteiger partial charge in [0.25, 0.3) is 0 Å². The van der Waals surface area contributed by atoms with Crippen LogP contribution in [0.5, 0.6) is 0 Å². The quantitative estimate of drug-likeness (QED) is 0.378. The van der Waals surface area contributed by atoms with Crippen molar-refractivity contribution in [3.8, 4) is 16.9 Å². The Balaban J connectivity index is 1.30. The van der Waals surface area contributed by atoms with Crippen LogP contribution in [0, 0.1) is 0 Å². The van der Waals surface area contributed by atoms with Crippen molar-refractivity contribution < 1.29 is 4.74 Å². The van der Waals surface area contributed by atoms with Crippen molar-refractivity contribution in [1.82, 2.24) is 24.5 Å². The molecule has 3 heterocycles. The molecular formula is C25H26N6OS. The van der Waals surface area contributed by atoms with Crippen molar-refractivity contribution in [2.45, 2.75) is 29.8 Å². The number of aromatic nitrogens is 5. The Kier molecular flexibility index (Phi) is 5.61. The second-order valence-corrected chi connectivity index (χ2v) is 9.36. The molecular weight excluding hydrogens is 432 g/mol. The third kappa shape index (κ3) is 4.28. The lowest BCUT2D eigenvalue weighted by atomic mass is 10.1. The Morgan fingerprint density at radius 3 is 2.36 bits per heavy atom. The van der Waals surface area contributed by atoms with Gasteiger partial charge >= 0.3 is 0 Å². The number of hydrogen-bond acceptors (Lipinski definition) is 6. The minimum absolute atomic E-state index is 0.515. The molecule has 2 aromatic heterocycles. The third-order valence-corrected chi connectivity index (χ3v) is 7.06. The van der Waals surface area contributed by atoms with Gasteiger partial charge in [0, 0.05) is 42.2 Å². The first-order valence-corrected chi connectivity index (χ1v) is 12.4. The highest BCUT2D eigenvalue weighted by Gasteiger charge is 2.32. The molecule has 0 amide bonds. The topological polar surface area (TPSA) is 61.0 Å². The number of para-hydroxylation sites is 1. The van der Waals surface area contributed by atoms with Gasteiger partial charge in [0.15, 0.2) is 5.16 Å². The molecule has 0 unspecified atom stereocenters. The van der Waals surface area contributed by atoms with Gasteiger partial charge in [-0.05, 0) is 25.0 Å². The first kappa shape index (κ1) is 20.5. The van der Waals surface area contributed by atoms with Gasteiger partial charge in [0.2, 0.25) is 5.95 Å². The van der Waals surface area contributed by atoms with E-state index in [4.69, 9.17) is 9.84 Å². The van der Waals surface area contributed by atoms with Crippen molar-refractivity contribution in [1.29, 1.82) is 0 Å². The number of nitrogens with zero attached hydrogens (tertiary/aromatic N) is 6. The minimum Gasteiger partial charge on any atom is -0.378 e. The molecule has 0 radical (unpaired) electrons. The maximum Gasteiger partial charge on any atom is 0.228 e. The van der Waals surface area contributed by atoms with Crippen LogP contribution in [-0.2, 0) is 10.5 Å². The first-order chi connectivity index (χ1) is 16.4. The SMILES string of the molecule is c1ccc(-c2nn(-c3ccccc3)cc2CSc2nnc(N3CCOCC3)n2C2CC2)cc1. The lowest BCUT2D eigenvalue weighted by Gasteiger charge is -2.27. The normalized spacial score (nSPS) is 16.3. The lowest BCUT2D eigenvalue weighted by Crippen LogP contribution is -2.38. The van der Waals surface area contributed by atoms with Gasteiger partial charge in [0.05, 0.1) is 24.6 Å². The van der Waals surface area contributed by atoms with Crippen LogP contribution in [0.25, 0.3) is 16.9 Å². The van der Waals surface area contributed by atoms with Crippen molar-refractivity contribution in [2.24, 2.45) is 0 Å². The molecule has 7 nitrogen and oxygen atoms in total. The van der Waals surface area contributed by atoms with Gasteiger partial charge in [-0.3, -0.25) is 4.57 Å². The second-order valence-electron chi connectivity index (χ2n) is 8.42. The molecule has 2 aromatic carbocycles. The van der Waals surface area contributed by atoms with E-state index < -0.39 is 0 Å². The highest BCUT2D eigenvalue weighted by atomic mass is 32.2. The summed E-state index contributed by atoms with van der Waals surface area (Å²) in [5.74, 6) is 1.77. The molecule has 0 N–H and O–H groups in total. The monoisotopic (exact) mass is 458 g/mol. The minimum atomic E-state index is 0.515. The molecule has 33 heavy (non-hydrogen) atoms. The van der Waals surface area contributed by atoms with Crippen LogP contribution in [0.15, 0.2) is 72.0 Å². The molecule has 1 saturated heterocycles. The fourth-order valence-electron chi connectivity index (χ4n) is 4.21. The van der Waals surface area contributed by atoms with Crippen LogP contribution in [0.2, 0.25) is 0 Å². The summed E-state index contributed by atoms with van der Waals surface area (Å²) in [7, 11) is 0. The second kappa shape index (κ2) is 9.03. The van der Waals surface area contributed by atoms with E-state index in [0.717, 1.165) is 60.1 Å². The van der Waals surface area contributed by atoms with E-state index in [-0.39, 0.29) is 0 Å². The van der Waals surface area contributed by atoms with E-state index in [0.29, 0.717) is 6.04 Å². The van der Waals surface area contributed by atoms with Gasteiger partial charge in [0.1, 0.15) is 0 Å². The Morgan fingerprint density at radius 2 is 1.64 bits per heavy atom. The summed E-state index contributed by atoms with van der Waals surface area (Å²) in [6.45, 7) is 3.24. The average Bonchev–Trinajstić information content (AvgIpc) is 3.49. The number of anilines is 1. The van der Waals surface area contributed by atoms with Crippen molar-refractivity contribution in [3.63, 3.8) is 0 Å². The van der Waals surface area contributed by atoms with E-state index >= 15 is 0 Å². The first-order valence-electron chi connectivity index (χ1n) is 11.5. The Bertz CT molecular complexity index is 1210. The van der Waals surface area contributed by atoms with E-state index in [1.165, 1.54) is 18.4 Å². The zero-order valence-corrected chi connectivity index (χ0v) is 19.2. The zero-order valence-electron chi connectivity index (χ0n) is 18.4. The molecule has 1 saturated carbocycles. The van der Waals surface area contributed by atoms with Gasteiger partial charge in [-0.25, -0.2) is 4.68 Å². The van der Waals surface area contributed by atoms with E-state index in [1.807, 2.05) is 28.9 Å². The van der Waals surface area contributed by atoms with E-state index in [2.05, 4.69) is 62.3 Å². The smallest absolute Gasteiger partial charge is 0.228 e. The molecule has 1 aliphatic carbocycles. The molecule has 0 spiro atoms. The molecule has 2 fully saturated rings. The third-order valence-electron chi connectivity index (χ3n) is 6.07. The highest BCUT2D eigenvalue weighted by Crippen LogP contribution is 2.42. The predicted octanol–water partition coefficient (Wildman–Crippen LogP) is 4.59. The fraction of sp³-hybridized carbons (Fsp3) is 0.320. The summed E-state index contributed by atoms with van der Waals surface area (Å²) in [4.78, 5) is 2.31. The van der Waals surface area contributed by atoms with Gasteiger partial charge < -0.3 is 9.64 Å². The molecule has 1 aliphatic heterocycles. The van der Waals surface area contributed by atoms with Gasteiger partial charge in [-0.15, -0.1) is 10.2 Å². The standard InChI is InChI=1S/C25H26N6OS/c1-3-7-19(8-4-1)23-20(17-30(28-23)21-9-5-2-6-10-21)18-33-25-27-26-24(31(25)22-11-12-22)29-13-15-32-16-14-29/h1-10,17,22H,11-16,18H2. The molecule has 4 aromatic rings. The number of thioether (sulfide) groups is 1. The zero-order chi connectivity index (χ0) is 22.0. The molecule has 0 bridgehead atoms. The van der Waals surface area contributed by atoms with E-state index in [1.54, 1.807) is 11.8 Å². The van der Waals surface area contributed by atoms with Crippen LogP contribution < -0.4 is 4.90 Å². The Labute approximate surface area is 197 Å². The van der Waals surface area contributed by atoms with Crippen LogP contribution in [-0.4, -0.2) is 50.8 Å². The predicted molar refractivity (Wildman–Crippen MR) is 130 cm³/mol. The van der Waals surface area contributed by atoms with Crippen LogP contribution in [0.4, 0.5) is 5.95 Å². The summed E-state index contributed by atoms with van der Waals surface area (Å²) in [6, 6.07) is 21.2. The Morgan fingerprint density at radius 1 is 0.909 bits per heavy atom. The van der Waals surface area contributed by atoms with E-state index in [9.17, 15) is 0 Å². The van der Waals surface area contributed by atoms with Crippen molar-refractivity contribution in [3.05, 3.63) is 72.4 Å². The fourth-order valence-corrected chi connectivity index (χ4v) is 5.17. The van der Waals surface area contributed by atoms with Crippen LogP contribution in [0.3, 0.4) is 0 Å². The molecule has 2 aliphatic rings. The average molecular weight is 459 g/mol. The maximum atomic E-state index is 5.53. The summed E-state index contributed by atoms with van der Waals surface area (Å²) in [5, 5.41) is 15.1. The highest BCUT2D eigenvalue weighted by molar-refractivity contribution is 7.98. The summed E-state index contributed by atoms with van der Waals surface area (Å²) in [5.41, 5.74) is 4.38. The summed E-state index contributed by atoms with van der Waals surface area (Å²) in [6.07, 6.45) is 4.54. The maximum absolute atomic E-state index is 5.53. The van der Waals surface area contributed by atoms with Gasteiger partial charge in [-0.1, -0.05) is 60.3 Å². The molecule has 6 rings (SSSR count). The molecule has 168 valence electrons.